The number of hydrogen-bond acceptors (Lipinski definition) is 0. The summed E-state index contributed by atoms with van der Waals surface area (Å²) >= 11 is 0. The van der Waals surface area contributed by atoms with Gasteiger partial charge in [0.2, 0.25) is 0 Å². The van der Waals surface area contributed by atoms with Gasteiger partial charge in [-0.3, -0.25) is 0 Å². The molecule has 0 N–H and O–H groups in total. The van der Waals surface area contributed by atoms with Crippen LogP contribution in [-0.4, -0.2) is 40.0 Å². The molecule has 0 unspecified atom stereocenters. The van der Waals surface area contributed by atoms with Crippen LogP contribution in [0.25, 0.3) is 204 Å². The average Bonchev–Trinajstić information content (AvgIpc) is 1.30. The Hall–Kier alpha value is -17.6. The molecule has 628 valence electrons. The fraction of sp³-hybridized carbons (Fsp3) is 0. The molecule has 28 rings (SSSR count). The van der Waals surface area contributed by atoms with Gasteiger partial charge in [-0.1, -0.05) is 358 Å². The molecule has 28 aromatic rings. The lowest BCUT2D eigenvalue weighted by Gasteiger charge is -2.34. The van der Waals surface area contributed by atoms with Crippen molar-refractivity contribution in [2.45, 2.75) is 0 Å². The number of para-hydroxylation sites is 12. The highest BCUT2D eigenvalue weighted by Gasteiger charge is 2.42. The summed E-state index contributed by atoms with van der Waals surface area (Å²) in [4.78, 5) is 0. The molecule has 0 atom stereocenters. The molecule has 0 fully saturated rings. The van der Waals surface area contributed by atoms with Crippen LogP contribution in [0.3, 0.4) is 0 Å². The van der Waals surface area contributed by atoms with Crippen LogP contribution < -0.4 is 20.7 Å². The van der Waals surface area contributed by atoms with Crippen molar-refractivity contribution in [1.29, 1.82) is 0 Å². The fourth-order valence-electron chi connectivity index (χ4n) is 22.2. The van der Waals surface area contributed by atoms with Crippen LogP contribution in [0.4, 0.5) is 0 Å². The first-order valence-corrected chi connectivity index (χ1v) is 48.1. The van der Waals surface area contributed by atoms with Gasteiger partial charge in [-0.25, -0.2) is 0 Å². The summed E-state index contributed by atoms with van der Waals surface area (Å²) in [5, 5.41) is 23.2. The van der Waals surface area contributed by atoms with E-state index in [0.717, 1.165) is 11.4 Å². The van der Waals surface area contributed by atoms with Gasteiger partial charge in [0.15, 0.2) is 8.07 Å². The van der Waals surface area contributed by atoms with Gasteiger partial charge in [-0.05, 0) is 184 Å². The third-order valence-electron chi connectivity index (χ3n) is 27.8. The topological polar surface area (TPSA) is 34.5 Å². The van der Waals surface area contributed by atoms with Crippen molar-refractivity contribution in [3.63, 3.8) is 0 Å². The molecule has 7 heterocycles. The van der Waals surface area contributed by atoms with Crippen LogP contribution in [0, 0.1) is 0 Å². The highest BCUT2D eigenvalue weighted by atomic mass is 28.3. The normalized spacial score (nSPS) is 11.9. The van der Waals surface area contributed by atoms with E-state index in [9.17, 15) is 0 Å². The summed E-state index contributed by atoms with van der Waals surface area (Å²) in [5.41, 5.74) is 27.6. The van der Waals surface area contributed by atoms with E-state index in [0.29, 0.717) is 0 Å². The Morgan fingerprint density at radius 1 is 0.119 bits per heavy atom. The van der Waals surface area contributed by atoms with Gasteiger partial charge in [0.1, 0.15) is 0 Å². The molecular weight excluding hydrogens is 1640 g/mol. The lowest BCUT2D eigenvalue weighted by Crippen LogP contribution is -2.74. The molecule has 21 aromatic carbocycles. The molecular formula is C126H85N7Si. The molecule has 0 amide bonds. The second kappa shape index (κ2) is 32.0. The Morgan fingerprint density at radius 3 is 0.619 bits per heavy atom. The Kier molecular flexibility index (Phi) is 18.5. The van der Waals surface area contributed by atoms with E-state index >= 15 is 0 Å². The predicted octanol–water partition coefficient (Wildman–Crippen LogP) is 29.8. The molecule has 8 heteroatoms. The SMILES string of the molecule is c1cc(-n2c3ccccc3c3ccccc32)cc(-n2c3ccccc3c3cc(-n4c5ccccc5c5ccccc54)ccc32)c1.c1ccc(-c2ccccc2-n2c3ccccc3c3cc(-n4c5ccccc5c5ccccc54)ccc32)cc1.c1ccc([Si](c2ccccc2)(c2ccccc2)c2cccc(-n3c4ccccc4c4cc(-n5c6ccccc6c6ccccc65)ccc43)c2)cc1. The fourth-order valence-corrected chi connectivity index (χ4v) is 27.0. The molecule has 0 aliphatic carbocycles. The van der Waals surface area contributed by atoms with Crippen LogP contribution in [0.15, 0.2) is 516 Å². The van der Waals surface area contributed by atoms with Crippen molar-refractivity contribution < 1.29 is 0 Å². The number of benzene rings is 21. The van der Waals surface area contributed by atoms with Crippen molar-refractivity contribution in [1.82, 2.24) is 32.0 Å². The predicted molar refractivity (Wildman–Crippen MR) is 569 cm³/mol. The number of hydrogen-bond donors (Lipinski definition) is 0. The molecule has 0 bridgehead atoms. The van der Waals surface area contributed by atoms with E-state index in [1.54, 1.807) is 0 Å². The lowest BCUT2D eigenvalue weighted by molar-refractivity contribution is 1.13. The lowest BCUT2D eigenvalue weighted by atomic mass is 10.0. The maximum atomic E-state index is 2.46. The molecule has 0 spiro atoms. The summed E-state index contributed by atoms with van der Waals surface area (Å²) in [6, 6.07) is 188. The Labute approximate surface area is 774 Å². The molecule has 0 saturated carbocycles. The third-order valence-corrected chi connectivity index (χ3v) is 32.6. The minimum atomic E-state index is -2.69. The van der Waals surface area contributed by atoms with Crippen molar-refractivity contribution in [2.75, 3.05) is 0 Å². The number of rotatable bonds is 12. The van der Waals surface area contributed by atoms with E-state index in [2.05, 4.69) is 548 Å². The second-order valence-corrected chi connectivity index (χ2v) is 38.8. The summed E-state index contributed by atoms with van der Waals surface area (Å²) in [5.74, 6) is 0. The van der Waals surface area contributed by atoms with Gasteiger partial charge in [0, 0.05) is 115 Å². The molecule has 0 aliphatic rings. The monoisotopic (exact) mass is 1720 g/mol. The van der Waals surface area contributed by atoms with Crippen molar-refractivity contribution >= 4 is 181 Å². The third kappa shape index (κ3) is 12.3. The van der Waals surface area contributed by atoms with E-state index in [-0.39, 0.29) is 0 Å². The quantitative estimate of drug-likeness (QED) is 0.0863. The number of nitrogens with zero attached hydrogens (tertiary/aromatic N) is 7. The largest absolute Gasteiger partial charge is 0.309 e. The van der Waals surface area contributed by atoms with Gasteiger partial charge in [-0.2, -0.15) is 0 Å². The highest BCUT2D eigenvalue weighted by molar-refractivity contribution is 7.20. The zero-order valence-corrected chi connectivity index (χ0v) is 74.2. The van der Waals surface area contributed by atoms with Crippen molar-refractivity contribution in [3.8, 4) is 50.9 Å². The molecule has 0 saturated heterocycles. The Balaban J connectivity index is 0.000000106. The van der Waals surface area contributed by atoms with Crippen molar-refractivity contribution in [3.05, 3.63) is 516 Å². The maximum absolute atomic E-state index is 2.69. The summed E-state index contributed by atoms with van der Waals surface area (Å²) in [7, 11) is -2.69. The van der Waals surface area contributed by atoms with Gasteiger partial charge < -0.3 is 32.0 Å². The zero-order valence-electron chi connectivity index (χ0n) is 73.2. The smallest absolute Gasteiger partial charge is 0.179 e. The van der Waals surface area contributed by atoms with Crippen molar-refractivity contribution in [2.24, 2.45) is 0 Å². The van der Waals surface area contributed by atoms with E-state index in [1.165, 1.54) is 213 Å². The Bertz CT molecular complexity index is 9160. The van der Waals surface area contributed by atoms with E-state index in [1.807, 2.05) is 0 Å². The standard InChI is InChI=1S/C48H34N2Si.C42H27N3.C36H24N2/c1-4-18-37(19-5-1)51(38-20-6-2-7-21-38,39-22-8-3-9-23-39)40-24-16-17-35(33-40)49-47-30-15-12-27-43(47)44-34-36(31-32-48(44)49)50-45-28-13-10-25-41(45)42-26-11-14-29-46(42)50;1-6-19-37-31(14-1)32-15-2-7-20-38(32)43(37)28-12-11-13-29(26-28)44-41-23-10-5-18-35(41)36-27-30(24-25-42(36)44)45-39-21-8-3-16-33(39)34-17-4-9-22-40(34)45;1-2-12-25(13-3-1)27-14-4-8-18-32(27)38-35-21-11-7-17-30(35)31-24-26(22-23-36(31)38)37-33-19-9-5-15-28(33)29-16-6-10-20-34(29)37/h1-34H;1-27H;1-24H. The molecule has 134 heavy (non-hydrogen) atoms. The van der Waals surface area contributed by atoms with E-state index < -0.39 is 8.07 Å². The summed E-state index contributed by atoms with van der Waals surface area (Å²) in [6.45, 7) is 0. The molecule has 0 aliphatic heterocycles. The van der Waals surface area contributed by atoms with E-state index in [4.69, 9.17) is 0 Å². The Morgan fingerprint density at radius 2 is 0.321 bits per heavy atom. The van der Waals surface area contributed by atoms with Crippen LogP contribution in [0.1, 0.15) is 0 Å². The summed E-state index contributed by atoms with van der Waals surface area (Å²) in [6.07, 6.45) is 0. The molecule has 7 aromatic heterocycles. The van der Waals surface area contributed by atoms with Crippen LogP contribution in [0.5, 0.6) is 0 Å². The number of fused-ring (bicyclic) bond motifs is 21. The average molecular weight is 1730 g/mol. The minimum absolute atomic E-state index is 1.14. The minimum Gasteiger partial charge on any atom is -0.309 e. The molecule has 7 nitrogen and oxygen atoms in total. The van der Waals surface area contributed by atoms with Gasteiger partial charge >= 0.3 is 0 Å². The first-order valence-electron chi connectivity index (χ1n) is 46.1. The van der Waals surface area contributed by atoms with Crippen LogP contribution in [-0.2, 0) is 0 Å². The second-order valence-electron chi connectivity index (χ2n) is 34.9. The van der Waals surface area contributed by atoms with Gasteiger partial charge in [0.05, 0.1) is 82.9 Å². The van der Waals surface area contributed by atoms with Gasteiger partial charge in [-0.15, -0.1) is 0 Å². The summed E-state index contributed by atoms with van der Waals surface area (Å²) < 4.78 is 16.9. The van der Waals surface area contributed by atoms with Gasteiger partial charge in [0.25, 0.3) is 0 Å². The molecule has 0 radical (unpaired) electrons. The number of aromatic nitrogens is 7. The van der Waals surface area contributed by atoms with Crippen LogP contribution in [0.2, 0.25) is 0 Å². The first-order chi connectivity index (χ1) is 66.6. The zero-order chi connectivity index (χ0) is 88.3. The highest BCUT2D eigenvalue weighted by Crippen LogP contribution is 2.44. The maximum Gasteiger partial charge on any atom is 0.179 e. The first kappa shape index (κ1) is 77.6. The van der Waals surface area contributed by atoms with Crippen LogP contribution >= 0.6 is 0 Å².